The van der Waals surface area contributed by atoms with Crippen molar-refractivity contribution in [3.8, 4) is 18.2 Å². The number of ether oxygens (including phenoxy) is 4. The summed E-state index contributed by atoms with van der Waals surface area (Å²) in [7, 11) is 0. The second-order valence-electron chi connectivity index (χ2n) is 9.33. The summed E-state index contributed by atoms with van der Waals surface area (Å²) in [6.45, 7) is 2.33. The number of alkyl halides is 2. The second kappa shape index (κ2) is 11.3. The van der Waals surface area contributed by atoms with Crippen molar-refractivity contribution < 1.29 is 37.6 Å². The number of nitrogens with zero attached hydrogens (tertiary/aromatic N) is 4. The molecule has 3 heterocycles. The molecular formula is C24H32F2N6O6. The van der Waals surface area contributed by atoms with Gasteiger partial charge in [0.1, 0.15) is 18.8 Å². The number of carbonyl (C=O) groups is 1. The molecule has 0 spiro atoms. The molecule has 4 N–H and O–H groups in total. The van der Waals surface area contributed by atoms with Crippen LogP contribution >= 0.6 is 0 Å². The third-order valence-electron chi connectivity index (χ3n) is 6.61. The van der Waals surface area contributed by atoms with Gasteiger partial charge >= 0.3 is 5.97 Å². The van der Waals surface area contributed by atoms with Gasteiger partial charge in [-0.25, -0.2) is 13.8 Å². The van der Waals surface area contributed by atoms with E-state index in [1.807, 2.05) is 0 Å². The van der Waals surface area contributed by atoms with Crippen LogP contribution in [0.3, 0.4) is 0 Å². The summed E-state index contributed by atoms with van der Waals surface area (Å²) in [6, 6.07) is -0.734. The molecule has 4 rings (SSSR count). The first-order valence-corrected chi connectivity index (χ1v) is 12.5. The summed E-state index contributed by atoms with van der Waals surface area (Å²) in [5.74, 6) is -1.87. The van der Waals surface area contributed by atoms with Crippen molar-refractivity contribution in [2.45, 2.75) is 82.0 Å². The number of hydrogen-bond donors (Lipinski definition) is 3. The molecule has 0 bridgehead atoms. The summed E-state index contributed by atoms with van der Waals surface area (Å²) in [4.78, 5) is 24.4. The van der Waals surface area contributed by atoms with Crippen molar-refractivity contribution in [1.29, 1.82) is 0 Å². The quantitative estimate of drug-likeness (QED) is 0.174. The van der Waals surface area contributed by atoms with Crippen LogP contribution in [0.25, 0.3) is 11.2 Å². The number of rotatable bonds is 10. The van der Waals surface area contributed by atoms with E-state index in [1.165, 1.54) is 0 Å². The Bertz CT molecular complexity index is 1190. The lowest BCUT2D eigenvalue weighted by molar-refractivity contribution is -0.216. The molecule has 2 aromatic rings. The number of carbonyl (C=O) groups excluding carboxylic acids is 1. The number of hydrogen-bond acceptors (Lipinski definition) is 11. The van der Waals surface area contributed by atoms with Gasteiger partial charge in [0.2, 0.25) is 17.5 Å². The molecular weight excluding hydrogens is 506 g/mol. The van der Waals surface area contributed by atoms with Gasteiger partial charge in [0.15, 0.2) is 23.5 Å². The van der Waals surface area contributed by atoms with Crippen LogP contribution in [0.15, 0.2) is 6.33 Å². The molecule has 208 valence electrons. The van der Waals surface area contributed by atoms with E-state index in [2.05, 4.69) is 20.3 Å². The number of halogens is 2. The molecule has 2 aromatic heterocycles. The topological polar surface area (TPSA) is 156 Å². The van der Waals surface area contributed by atoms with Gasteiger partial charge in [-0.15, -0.1) is 6.42 Å². The first-order valence-electron chi connectivity index (χ1n) is 12.5. The van der Waals surface area contributed by atoms with Gasteiger partial charge in [-0.3, -0.25) is 14.7 Å². The number of nitrogen functional groups attached to an aromatic ring is 1. The lowest BCUT2D eigenvalue weighted by atomic mass is 9.96. The van der Waals surface area contributed by atoms with Crippen LogP contribution in [0.2, 0.25) is 0 Å². The van der Waals surface area contributed by atoms with Crippen molar-refractivity contribution in [3.05, 3.63) is 6.33 Å². The number of aromatic nitrogens is 4. The van der Waals surface area contributed by atoms with Crippen molar-refractivity contribution in [1.82, 2.24) is 24.8 Å². The molecule has 0 amide bonds. The number of aliphatic hydroxyl groups excluding tert-OH is 1. The smallest absolute Gasteiger partial charge is 0.323 e. The minimum atomic E-state index is -3.04. The van der Waals surface area contributed by atoms with Gasteiger partial charge in [0.05, 0.1) is 19.7 Å². The highest BCUT2D eigenvalue weighted by Crippen LogP contribution is 2.48. The average molecular weight is 539 g/mol. The van der Waals surface area contributed by atoms with E-state index >= 15 is 8.78 Å². The molecule has 2 fully saturated rings. The maximum absolute atomic E-state index is 15.9. The molecule has 38 heavy (non-hydrogen) atoms. The lowest BCUT2D eigenvalue weighted by Gasteiger charge is -2.25. The van der Waals surface area contributed by atoms with Crippen LogP contribution in [0.1, 0.15) is 52.2 Å². The molecule has 0 radical (unpaired) electrons. The zero-order chi connectivity index (χ0) is 27.5. The van der Waals surface area contributed by atoms with Gasteiger partial charge in [0, 0.05) is 0 Å². The molecule has 12 nitrogen and oxygen atoms in total. The highest BCUT2D eigenvalue weighted by Gasteiger charge is 2.66. The predicted octanol–water partition coefficient (Wildman–Crippen LogP) is 1.53. The van der Waals surface area contributed by atoms with Gasteiger partial charge in [-0.05, 0) is 39.5 Å². The number of esters is 1. The zero-order valence-electron chi connectivity index (χ0n) is 21.2. The van der Waals surface area contributed by atoms with Crippen molar-refractivity contribution in [2.75, 3.05) is 25.7 Å². The molecule has 1 saturated carbocycles. The van der Waals surface area contributed by atoms with Gasteiger partial charge < -0.3 is 29.8 Å². The highest BCUT2D eigenvalue weighted by molar-refractivity contribution is 5.77. The third kappa shape index (κ3) is 5.37. The van der Waals surface area contributed by atoms with Crippen molar-refractivity contribution in [2.24, 2.45) is 0 Å². The number of terminal acetylenes is 1. The number of aliphatic hydroxyl groups is 1. The molecule has 1 aliphatic carbocycles. The fraction of sp³-hybridized carbons (Fsp3) is 0.667. The summed E-state index contributed by atoms with van der Waals surface area (Å²) in [6.07, 6.45) is 6.89. The van der Waals surface area contributed by atoms with E-state index in [4.69, 9.17) is 31.1 Å². The number of nitrogens with two attached hydrogens (primary N) is 1. The SMILES string of the molecule is C#C[C@]1(F)[C@H](n2cnc3c(OCC)nc(N)nc32)O[C@](F)(COCNC(C)C(=O)OC2CCCCC2)[C@H]1O. The largest absolute Gasteiger partial charge is 0.476 e. The summed E-state index contributed by atoms with van der Waals surface area (Å²) in [5, 5.41) is 13.3. The van der Waals surface area contributed by atoms with Crippen LogP contribution in [-0.2, 0) is 19.0 Å². The molecule has 2 aliphatic rings. The van der Waals surface area contributed by atoms with E-state index in [1.54, 1.807) is 19.8 Å². The summed E-state index contributed by atoms with van der Waals surface area (Å²) >= 11 is 0. The van der Waals surface area contributed by atoms with Gasteiger partial charge in [-0.2, -0.15) is 9.97 Å². The molecule has 1 aliphatic heterocycles. The van der Waals surface area contributed by atoms with E-state index in [-0.39, 0.29) is 42.4 Å². The van der Waals surface area contributed by atoms with Crippen LogP contribution in [-0.4, -0.2) is 80.3 Å². The standard InChI is InChI=1S/C24H32F2N6O6/c1-4-23(25)20(34)24(26,11-35-13-29-14(3)19(33)37-15-9-7-6-8-10-15)38-21(23)32-12-28-16-17(32)30-22(27)31-18(16)36-5-2/h1,12,14-15,20-21,29,34H,5-11,13H2,2-3H3,(H2,27,30,31)/t14?,20-,21+,23+,24+/m0/s1. The first kappa shape index (κ1) is 27.9. The number of anilines is 1. The Hall–Kier alpha value is -3.12. The fourth-order valence-corrected chi connectivity index (χ4v) is 4.53. The molecule has 5 atom stereocenters. The Morgan fingerprint density at radius 1 is 1.39 bits per heavy atom. The Labute approximate surface area is 218 Å². The summed E-state index contributed by atoms with van der Waals surface area (Å²) in [5.41, 5.74) is 2.79. The number of nitrogens with one attached hydrogen (secondary N) is 1. The van der Waals surface area contributed by atoms with E-state index in [0.717, 1.165) is 43.0 Å². The van der Waals surface area contributed by atoms with Crippen LogP contribution < -0.4 is 15.8 Å². The van der Waals surface area contributed by atoms with Crippen molar-refractivity contribution in [3.63, 3.8) is 0 Å². The maximum Gasteiger partial charge on any atom is 0.323 e. The zero-order valence-corrected chi connectivity index (χ0v) is 21.2. The molecule has 14 heteroatoms. The molecule has 1 saturated heterocycles. The number of imidazole rings is 1. The maximum atomic E-state index is 15.9. The van der Waals surface area contributed by atoms with Gasteiger partial charge in [-0.1, -0.05) is 12.3 Å². The highest BCUT2D eigenvalue weighted by atomic mass is 19.2. The second-order valence-corrected chi connectivity index (χ2v) is 9.33. The monoisotopic (exact) mass is 538 g/mol. The van der Waals surface area contributed by atoms with E-state index < -0.39 is 42.5 Å². The Morgan fingerprint density at radius 3 is 2.82 bits per heavy atom. The third-order valence-corrected chi connectivity index (χ3v) is 6.61. The van der Waals surface area contributed by atoms with Crippen molar-refractivity contribution >= 4 is 23.1 Å². The molecule has 1 unspecified atom stereocenters. The molecule has 0 aromatic carbocycles. The van der Waals surface area contributed by atoms with Crippen LogP contribution in [0, 0.1) is 12.3 Å². The lowest BCUT2D eigenvalue weighted by Crippen LogP contribution is -2.48. The normalized spacial score (nSPS) is 28.7. The minimum Gasteiger partial charge on any atom is -0.476 e. The Kier molecular flexibility index (Phi) is 8.31. The van der Waals surface area contributed by atoms with Crippen LogP contribution in [0.5, 0.6) is 5.88 Å². The Balaban J connectivity index is 1.42. The predicted molar refractivity (Wildman–Crippen MR) is 130 cm³/mol. The van der Waals surface area contributed by atoms with E-state index in [9.17, 15) is 9.90 Å². The fourth-order valence-electron chi connectivity index (χ4n) is 4.53. The van der Waals surface area contributed by atoms with Crippen LogP contribution in [0.4, 0.5) is 14.7 Å². The Morgan fingerprint density at radius 2 is 2.13 bits per heavy atom. The summed E-state index contributed by atoms with van der Waals surface area (Å²) < 4.78 is 54.1. The first-order chi connectivity index (χ1) is 18.1. The average Bonchev–Trinajstić information content (AvgIpc) is 3.40. The van der Waals surface area contributed by atoms with E-state index in [0.29, 0.717) is 0 Å². The minimum absolute atomic E-state index is 0.0347. The number of fused-ring (bicyclic) bond motifs is 1. The van der Waals surface area contributed by atoms with Gasteiger partial charge in [0.25, 0.3) is 5.85 Å².